The molecule has 1 aromatic heterocycles. The molecule has 0 unspecified atom stereocenters. The second-order valence-electron chi connectivity index (χ2n) is 8.10. The summed E-state index contributed by atoms with van der Waals surface area (Å²) in [5.74, 6) is 0.236. The van der Waals surface area contributed by atoms with Crippen LogP contribution < -0.4 is 10.9 Å². The second-order valence-corrected chi connectivity index (χ2v) is 8.47. The van der Waals surface area contributed by atoms with Gasteiger partial charge in [0.2, 0.25) is 0 Å². The lowest BCUT2D eigenvalue weighted by molar-refractivity contribution is -0.151. The fourth-order valence-electron chi connectivity index (χ4n) is 6.12. The third-order valence-electron chi connectivity index (χ3n) is 6.32. The predicted molar refractivity (Wildman–Crippen MR) is 90.4 cm³/mol. The van der Waals surface area contributed by atoms with Gasteiger partial charge in [-0.3, -0.25) is 9.59 Å². The summed E-state index contributed by atoms with van der Waals surface area (Å²) in [6, 6.07) is 0. The van der Waals surface area contributed by atoms with Crippen LogP contribution in [0.15, 0.2) is 11.0 Å². The molecule has 0 amide bonds. The highest BCUT2D eigenvalue weighted by molar-refractivity contribution is 6.32. The predicted octanol–water partition coefficient (Wildman–Crippen LogP) is 2.71. The molecule has 0 aliphatic heterocycles. The average Bonchev–Trinajstić information content (AvgIpc) is 2.47. The van der Waals surface area contributed by atoms with Crippen LogP contribution in [0.1, 0.15) is 44.9 Å². The lowest BCUT2D eigenvalue weighted by Gasteiger charge is -2.61. The molecule has 130 valence electrons. The first-order chi connectivity index (χ1) is 11.4. The smallest absolute Gasteiger partial charge is 0.303 e. The van der Waals surface area contributed by atoms with Gasteiger partial charge in [-0.15, -0.1) is 0 Å². The maximum absolute atomic E-state index is 12.8. The Morgan fingerprint density at radius 1 is 1.42 bits per heavy atom. The lowest BCUT2D eigenvalue weighted by Crippen LogP contribution is -2.59. The number of nitrogens with zero attached hydrogens (tertiary/aromatic N) is 2. The van der Waals surface area contributed by atoms with Gasteiger partial charge in [0.25, 0.3) is 5.56 Å². The van der Waals surface area contributed by atoms with E-state index in [0.717, 1.165) is 38.5 Å². The van der Waals surface area contributed by atoms with Crippen LogP contribution in [0.4, 0.5) is 5.69 Å². The number of nitrogens with one attached hydrogen (secondary N) is 1. The van der Waals surface area contributed by atoms with E-state index in [9.17, 15) is 14.7 Å². The second kappa shape index (κ2) is 5.22. The van der Waals surface area contributed by atoms with Gasteiger partial charge in [-0.05, 0) is 55.8 Å². The Morgan fingerprint density at radius 3 is 2.67 bits per heavy atom. The molecular weight excluding hydrogens is 330 g/mol. The van der Waals surface area contributed by atoms with Gasteiger partial charge in [0, 0.05) is 7.05 Å². The molecule has 0 radical (unpaired) electrons. The van der Waals surface area contributed by atoms with E-state index in [0.29, 0.717) is 17.5 Å². The van der Waals surface area contributed by atoms with Crippen molar-refractivity contribution in [1.29, 1.82) is 0 Å². The summed E-state index contributed by atoms with van der Waals surface area (Å²) in [6.45, 7) is 0. The van der Waals surface area contributed by atoms with Gasteiger partial charge in [-0.2, -0.15) is 5.10 Å². The highest BCUT2D eigenvalue weighted by atomic mass is 35.5. The average molecular weight is 352 g/mol. The fraction of sp³-hybridized carbons (Fsp3) is 0.706. The van der Waals surface area contributed by atoms with E-state index in [2.05, 4.69) is 10.4 Å². The Bertz CT molecular complexity index is 746. The highest BCUT2D eigenvalue weighted by Gasteiger charge is 2.59. The van der Waals surface area contributed by atoms with Crippen LogP contribution in [0.5, 0.6) is 0 Å². The van der Waals surface area contributed by atoms with Gasteiger partial charge in [-0.25, -0.2) is 4.68 Å². The largest absolute Gasteiger partial charge is 0.481 e. The minimum absolute atomic E-state index is 0.163. The van der Waals surface area contributed by atoms with E-state index in [1.807, 2.05) is 0 Å². The van der Waals surface area contributed by atoms with Gasteiger partial charge in [0.15, 0.2) is 0 Å². The molecule has 1 heterocycles. The minimum atomic E-state index is -0.740. The first-order valence-corrected chi connectivity index (χ1v) is 8.92. The number of aromatic nitrogens is 2. The van der Waals surface area contributed by atoms with Gasteiger partial charge in [0.1, 0.15) is 5.02 Å². The molecule has 2 atom stereocenters. The molecule has 4 aliphatic rings. The highest BCUT2D eigenvalue weighted by Crippen LogP contribution is 2.64. The summed E-state index contributed by atoms with van der Waals surface area (Å²) >= 11 is 6.23. The summed E-state index contributed by atoms with van der Waals surface area (Å²) in [5, 5.41) is 16.8. The van der Waals surface area contributed by atoms with Crippen molar-refractivity contribution in [2.45, 2.75) is 50.5 Å². The van der Waals surface area contributed by atoms with Crippen LogP contribution in [0.25, 0.3) is 0 Å². The summed E-state index contributed by atoms with van der Waals surface area (Å²) in [5.41, 5.74) is -0.295. The normalized spacial score (nSPS) is 36.8. The zero-order chi connectivity index (χ0) is 17.1. The number of rotatable bonds is 4. The van der Waals surface area contributed by atoms with E-state index in [-0.39, 0.29) is 28.0 Å². The van der Waals surface area contributed by atoms with Crippen LogP contribution in [0.2, 0.25) is 5.02 Å². The molecule has 1 aromatic rings. The van der Waals surface area contributed by atoms with Crippen molar-refractivity contribution >= 4 is 23.3 Å². The fourth-order valence-corrected chi connectivity index (χ4v) is 6.35. The number of aliphatic carboxylic acids is 1. The standard InChI is InChI=1S/C17H22ClN3O3/c1-19-12-8-20-21(15(24)14(12)18)17-5-10-2-11(6-17)4-16(3-10,9-17)7-13(22)23/h8,10-11,19H,2-7,9H2,1H3,(H,22,23)/t10-,11-,16?,17?/m1/s1. The van der Waals surface area contributed by atoms with Gasteiger partial charge in [-0.1, -0.05) is 11.6 Å². The lowest BCUT2D eigenvalue weighted by atomic mass is 9.46. The van der Waals surface area contributed by atoms with Crippen molar-refractivity contribution < 1.29 is 9.90 Å². The van der Waals surface area contributed by atoms with Gasteiger partial charge >= 0.3 is 5.97 Å². The molecule has 6 nitrogen and oxygen atoms in total. The number of halogens is 1. The molecule has 2 N–H and O–H groups in total. The molecular formula is C17H22ClN3O3. The van der Waals surface area contributed by atoms with Crippen molar-refractivity contribution in [2.24, 2.45) is 17.3 Å². The zero-order valence-corrected chi connectivity index (χ0v) is 14.5. The monoisotopic (exact) mass is 351 g/mol. The SMILES string of the molecule is CNc1cnn(C23C[C@@H]4C[C@H](CC(CC(=O)O)(C4)C2)C3)c(=O)c1Cl. The molecule has 0 saturated heterocycles. The van der Waals surface area contributed by atoms with Crippen LogP contribution >= 0.6 is 11.6 Å². The summed E-state index contributed by atoms with van der Waals surface area (Å²) in [6.07, 6.45) is 7.43. The van der Waals surface area contributed by atoms with Crippen molar-refractivity contribution in [2.75, 3.05) is 12.4 Å². The van der Waals surface area contributed by atoms with E-state index in [1.54, 1.807) is 17.9 Å². The third kappa shape index (κ3) is 2.26. The maximum Gasteiger partial charge on any atom is 0.303 e. The molecule has 0 aromatic carbocycles. The Labute approximate surface area is 145 Å². The van der Waals surface area contributed by atoms with Crippen molar-refractivity contribution in [3.63, 3.8) is 0 Å². The Hall–Kier alpha value is -1.56. The van der Waals surface area contributed by atoms with E-state index < -0.39 is 5.97 Å². The number of anilines is 1. The number of hydrogen-bond acceptors (Lipinski definition) is 4. The molecule has 0 spiro atoms. The first kappa shape index (κ1) is 15.9. The van der Waals surface area contributed by atoms with Crippen LogP contribution in [-0.4, -0.2) is 27.9 Å². The summed E-state index contributed by atoms with van der Waals surface area (Å²) in [4.78, 5) is 24.2. The van der Waals surface area contributed by atoms with Crippen molar-refractivity contribution in [3.05, 3.63) is 21.6 Å². The topological polar surface area (TPSA) is 84.2 Å². The summed E-state index contributed by atoms with van der Waals surface area (Å²) < 4.78 is 1.57. The molecule has 24 heavy (non-hydrogen) atoms. The van der Waals surface area contributed by atoms with E-state index in [1.165, 1.54) is 0 Å². The van der Waals surface area contributed by atoms with E-state index >= 15 is 0 Å². The summed E-state index contributed by atoms with van der Waals surface area (Å²) in [7, 11) is 1.71. The first-order valence-electron chi connectivity index (χ1n) is 8.54. The Morgan fingerprint density at radius 2 is 2.08 bits per heavy atom. The van der Waals surface area contributed by atoms with Crippen LogP contribution in [0, 0.1) is 17.3 Å². The van der Waals surface area contributed by atoms with Gasteiger partial charge < -0.3 is 10.4 Å². The Kier molecular flexibility index (Phi) is 3.46. The van der Waals surface area contributed by atoms with Crippen molar-refractivity contribution in [1.82, 2.24) is 9.78 Å². The Balaban J connectivity index is 1.79. The molecule has 5 rings (SSSR count). The zero-order valence-electron chi connectivity index (χ0n) is 13.7. The molecule has 4 fully saturated rings. The number of carboxylic acid groups (broad SMARTS) is 1. The minimum Gasteiger partial charge on any atom is -0.481 e. The molecule has 4 aliphatic carbocycles. The molecule has 4 saturated carbocycles. The number of hydrogen-bond donors (Lipinski definition) is 2. The molecule has 7 heteroatoms. The van der Waals surface area contributed by atoms with Crippen LogP contribution in [0.3, 0.4) is 0 Å². The maximum atomic E-state index is 12.8. The third-order valence-corrected chi connectivity index (χ3v) is 6.68. The van der Waals surface area contributed by atoms with Crippen molar-refractivity contribution in [3.8, 4) is 0 Å². The van der Waals surface area contributed by atoms with Crippen LogP contribution in [-0.2, 0) is 10.3 Å². The number of carbonyl (C=O) groups is 1. The molecule has 4 bridgehead atoms. The van der Waals surface area contributed by atoms with E-state index in [4.69, 9.17) is 11.6 Å². The van der Waals surface area contributed by atoms with Gasteiger partial charge in [0.05, 0.1) is 23.8 Å². The number of carboxylic acids is 1. The quantitative estimate of drug-likeness (QED) is 0.871.